The molecule has 0 radical (unpaired) electrons. The van der Waals surface area contributed by atoms with Crippen LogP contribution in [0.25, 0.3) is 10.1 Å². The van der Waals surface area contributed by atoms with Gasteiger partial charge in [-0.2, -0.15) is 0 Å². The minimum absolute atomic E-state index is 0.195. The number of piperazine rings is 1. The van der Waals surface area contributed by atoms with Crippen molar-refractivity contribution in [1.82, 2.24) is 9.80 Å². The van der Waals surface area contributed by atoms with Crippen molar-refractivity contribution in [3.05, 3.63) is 107 Å². The van der Waals surface area contributed by atoms with Gasteiger partial charge >= 0.3 is 0 Å². The van der Waals surface area contributed by atoms with Crippen molar-refractivity contribution >= 4 is 27.3 Å². The van der Waals surface area contributed by atoms with Crippen LogP contribution in [-0.4, -0.2) is 61.6 Å². The summed E-state index contributed by atoms with van der Waals surface area (Å²) >= 11 is 1.78. The maximum Gasteiger partial charge on any atom is 0.234 e. The summed E-state index contributed by atoms with van der Waals surface area (Å²) in [6.07, 6.45) is 0.939. The SMILES string of the molecule is O=C(C(c1ccccc1)c1ccccc1)N1CCN(CCOCCc2ccc3sccc3c2)CC1. The zero-order valence-electron chi connectivity index (χ0n) is 20.0. The van der Waals surface area contributed by atoms with E-state index in [9.17, 15) is 4.79 Å². The summed E-state index contributed by atoms with van der Waals surface area (Å²) in [7, 11) is 0. The third-order valence-electron chi connectivity index (χ3n) is 6.80. The second-order valence-electron chi connectivity index (χ2n) is 9.08. The van der Waals surface area contributed by atoms with Crippen LogP contribution in [0.4, 0.5) is 0 Å². The maximum absolute atomic E-state index is 13.6. The average Bonchev–Trinajstić information content (AvgIpc) is 3.38. The van der Waals surface area contributed by atoms with Crippen LogP contribution in [0.3, 0.4) is 0 Å². The predicted octanol–water partition coefficient (Wildman–Crippen LogP) is 5.44. The molecule has 4 aromatic rings. The molecule has 5 heteroatoms. The van der Waals surface area contributed by atoms with Gasteiger partial charge in [0.2, 0.25) is 5.91 Å². The molecule has 0 atom stereocenters. The van der Waals surface area contributed by atoms with Crippen molar-refractivity contribution in [1.29, 1.82) is 0 Å². The number of nitrogens with zero attached hydrogens (tertiary/aromatic N) is 2. The highest BCUT2D eigenvalue weighted by Crippen LogP contribution is 2.27. The number of hydrogen-bond acceptors (Lipinski definition) is 4. The van der Waals surface area contributed by atoms with Gasteiger partial charge in [-0.05, 0) is 46.0 Å². The summed E-state index contributed by atoms with van der Waals surface area (Å²) in [4.78, 5) is 18.0. The largest absolute Gasteiger partial charge is 0.380 e. The van der Waals surface area contributed by atoms with E-state index < -0.39 is 0 Å². The molecule has 1 aliphatic heterocycles. The standard InChI is InChI=1S/C30H32N2O2S/c33-30(29(25-7-3-1-4-8-25)26-9-5-2-6-10-26)32-17-15-31(16-18-32)19-21-34-20-13-24-11-12-28-27(23-24)14-22-35-28/h1-12,14,22-23,29H,13,15-21H2. The van der Waals surface area contributed by atoms with Crippen LogP contribution < -0.4 is 0 Å². The summed E-state index contributed by atoms with van der Waals surface area (Å²) in [6.45, 7) is 5.67. The van der Waals surface area contributed by atoms with E-state index in [-0.39, 0.29) is 11.8 Å². The molecule has 2 heterocycles. The lowest BCUT2D eigenvalue weighted by Crippen LogP contribution is -2.50. The highest BCUT2D eigenvalue weighted by molar-refractivity contribution is 7.17. The summed E-state index contributed by atoms with van der Waals surface area (Å²) in [5, 5.41) is 3.46. The molecule has 1 aliphatic rings. The third kappa shape index (κ3) is 5.99. The molecule has 4 nitrogen and oxygen atoms in total. The van der Waals surface area contributed by atoms with E-state index in [0.717, 1.165) is 63.5 Å². The van der Waals surface area contributed by atoms with Gasteiger partial charge in [0.25, 0.3) is 0 Å². The number of carbonyl (C=O) groups is 1. The Hall–Kier alpha value is -2.99. The number of amides is 1. The Balaban J connectivity index is 1.08. The highest BCUT2D eigenvalue weighted by atomic mass is 32.1. The van der Waals surface area contributed by atoms with Crippen LogP contribution in [0, 0.1) is 0 Å². The number of benzene rings is 3. The molecule has 0 N–H and O–H groups in total. The van der Waals surface area contributed by atoms with Crippen molar-refractivity contribution < 1.29 is 9.53 Å². The van der Waals surface area contributed by atoms with Crippen molar-refractivity contribution in [2.45, 2.75) is 12.3 Å². The Morgan fingerprint density at radius 2 is 1.51 bits per heavy atom. The molecule has 1 amide bonds. The molecule has 1 aromatic heterocycles. The molecule has 5 rings (SSSR count). The summed E-state index contributed by atoms with van der Waals surface area (Å²) < 4.78 is 7.28. The topological polar surface area (TPSA) is 32.8 Å². The van der Waals surface area contributed by atoms with Crippen molar-refractivity contribution in [2.24, 2.45) is 0 Å². The van der Waals surface area contributed by atoms with Crippen molar-refractivity contribution in [3.63, 3.8) is 0 Å². The number of fused-ring (bicyclic) bond motifs is 1. The lowest BCUT2D eigenvalue weighted by molar-refractivity contribution is -0.133. The summed E-state index contributed by atoms with van der Waals surface area (Å²) in [5.41, 5.74) is 3.43. The van der Waals surface area contributed by atoms with E-state index in [1.165, 1.54) is 15.6 Å². The van der Waals surface area contributed by atoms with Crippen LogP contribution in [0.1, 0.15) is 22.6 Å². The first-order valence-electron chi connectivity index (χ1n) is 12.4. The van der Waals surface area contributed by atoms with E-state index >= 15 is 0 Å². The highest BCUT2D eigenvalue weighted by Gasteiger charge is 2.29. The second-order valence-corrected chi connectivity index (χ2v) is 10.0. The van der Waals surface area contributed by atoms with Crippen LogP contribution in [-0.2, 0) is 16.0 Å². The smallest absolute Gasteiger partial charge is 0.234 e. The van der Waals surface area contributed by atoms with Gasteiger partial charge in [-0.3, -0.25) is 9.69 Å². The molecule has 0 aliphatic carbocycles. The minimum Gasteiger partial charge on any atom is -0.380 e. The molecule has 180 valence electrons. The molecular formula is C30H32N2O2S. The average molecular weight is 485 g/mol. The lowest BCUT2D eigenvalue weighted by Gasteiger charge is -2.36. The minimum atomic E-state index is -0.249. The van der Waals surface area contributed by atoms with E-state index in [2.05, 4.69) is 58.8 Å². The van der Waals surface area contributed by atoms with Crippen molar-refractivity contribution in [3.8, 4) is 0 Å². The number of hydrogen-bond donors (Lipinski definition) is 0. The van der Waals surface area contributed by atoms with Gasteiger partial charge in [0.1, 0.15) is 0 Å². The van der Waals surface area contributed by atoms with Gasteiger partial charge in [0, 0.05) is 37.4 Å². The normalized spacial score (nSPS) is 14.6. The fourth-order valence-corrected chi connectivity index (χ4v) is 5.57. The first-order valence-corrected chi connectivity index (χ1v) is 13.3. The third-order valence-corrected chi connectivity index (χ3v) is 7.70. The van der Waals surface area contributed by atoms with Gasteiger partial charge in [-0.15, -0.1) is 11.3 Å². The Bertz CT molecular complexity index is 1180. The Labute approximate surface area is 211 Å². The first-order chi connectivity index (χ1) is 17.3. The zero-order chi connectivity index (χ0) is 23.9. The number of ether oxygens (including phenoxy) is 1. The van der Waals surface area contributed by atoms with Gasteiger partial charge in [-0.1, -0.05) is 72.8 Å². The van der Waals surface area contributed by atoms with E-state index in [1.54, 1.807) is 11.3 Å². The van der Waals surface area contributed by atoms with Crippen LogP contribution in [0.5, 0.6) is 0 Å². The van der Waals surface area contributed by atoms with Crippen LogP contribution >= 0.6 is 11.3 Å². The predicted molar refractivity (Wildman–Crippen MR) is 144 cm³/mol. The fraction of sp³-hybridized carbons (Fsp3) is 0.300. The van der Waals surface area contributed by atoms with Gasteiger partial charge in [0.15, 0.2) is 0 Å². The van der Waals surface area contributed by atoms with Crippen LogP contribution in [0.2, 0.25) is 0 Å². The van der Waals surface area contributed by atoms with E-state index in [1.807, 2.05) is 41.3 Å². The molecule has 0 bridgehead atoms. The van der Waals surface area contributed by atoms with Gasteiger partial charge in [0.05, 0.1) is 19.1 Å². The Morgan fingerprint density at radius 3 is 2.20 bits per heavy atom. The zero-order valence-corrected chi connectivity index (χ0v) is 20.8. The van der Waals surface area contributed by atoms with Gasteiger partial charge < -0.3 is 9.64 Å². The lowest BCUT2D eigenvalue weighted by atomic mass is 9.90. The summed E-state index contributed by atoms with van der Waals surface area (Å²) in [5.74, 6) is -0.0542. The number of rotatable bonds is 9. The quantitative estimate of drug-likeness (QED) is 0.297. The monoisotopic (exact) mass is 484 g/mol. The summed E-state index contributed by atoms with van der Waals surface area (Å²) in [6, 6.07) is 29.1. The molecule has 3 aromatic carbocycles. The molecule has 1 saturated heterocycles. The Morgan fingerprint density at radius 1 is 0.829 bits per heavy atom. The van der Waals surface area contributed by atoms with E-state index in [4.69, 9.17) is 4.74 Å². The van der Waals surface area contributed by atoms with Gasteiger partial charge in [-0.25, -0.2) is 0 Å². The first kappa shape index (κ1) is 23.7. The van der Waals surface area contributed by atoms with Crippen molar-refractivity contribution in [2.75, 3.05) is 45.9 Å². The number of carbonyl (C=O) groups excluding carboxylic acids is 1. The molecular weight excluding hydrogens is 452 g/mol. The molecule has 1 fully saturated rings. The number of thiophene rings is 1. The van der Waals surface area contributed by atoms with Crippen LogP contribution in [0.15, 0.2) is 90.3 Å². The molecule has 0 spiro atoms. The molecule has 0 unspecified atom stereocenters. The fourth-order valence-electron chi connectivity index (χ4n) is 4.80. The Kier molecular flexibility index (Phi) is 7.89. The van der Waals surface area contributed by atoms with E-state index in [0.29, 0.717) is 0 Å². The molecule has 35 heavy (non-hydrogen) atoms. The second kappa shape index (κ2) is 11.6. The molecule has 0 saturated carbocycles. The maximum atomic E-state index is 13.6.